The van der Waals surface area contributed by atoms with Gasteiger partial charge < -0.3 is 10.4 Å². The molecule has 0 spiro atoms. The van der Waals surface area contributed by atoms with Crippen molar-refractivity contribution in [2.45, 2.75) is 19.5 Å². The molecule has 0 amide bonds. The highest BCUT2D eigenvalue weighted by atomic mass is 35.5. The highest BCUT2D eigenvalue weighted by Crippen LogP contribution is 2.31. The van der Waals surface area contributed by atoms with Crippen molar-refractivity contribution in [2.24, 2.45) is 0 Å². The van der Waals surface area contributed by atoms with Gasteiger partial charge in [-0.15, -0.1) is 0 Å². The van der Waals surface area contributed by atoms with Gasteiger partial charge >= 0.3 is 0 Å². The van der Waals surface area contributed by atoms with Gasteiger partial charge in [-0.3, -0.25) is 0 Å². The predicted octanol–water partition coefficient (Wildman–Crippen LogP) is 4.83. The molecule has 0 heterocycles. The van der Waals surface area contributed by atoms with Crippen LogP contribution in [-0.2, 0) is 6.54 Å². The third-order valence-corrected chi connectivity index (χ3v) is 3.64. The summed E-state index contributed by atoms with van der Waals surface area (Å²) < 4.78 is 27.3. The Kier molecular flexibility index (Phi) is 5.04. The molecule has 0 fully saturated rings. The number of benzene rings is 2. The Morgan fingerprint density at radius 1 is 1.19 bits per heavy atom. The Morgan fingerprint density at radius 2 is 1.81 bits per heavy atom. The largest absolute Gasteiger partial charge is 0.506 e. The first-order valence-electron chi connectivity index (χ1n) is 6.24. The Balaban J connectivity index is 2.17. The lowest BCUT2D eigenvalue weighted by Gasteiger charge is -2.16. The maximum Gasteiger partial charge on any atom is 0.138 e. The second kappa shape index (κ2) is 6.60. The van der Waals surface area contributed by atoms with Gasteiger partial charge in [-0.25, -0.2) is 8.78 Å². The second-order valence-electron chi connectivity index (χ2n) is 4.63. The molecule has 2 rings (SSSR count). The van der Waals surface area contributed by atoms with E-state index in [2.05, 4.69) is 5.32 Å². The monoisotopic (exact) mass is 331 g/mol. The summed E-state index contributed by atoms with van der Waals surface area (Å²) in [6.45, 7) is 1.80. The molecule has 6 heteroatoms. The van der Waals surface area contributed by atoms with Crippen LogP contribution in [0, 0.1) is 11.6 Å². The van der Waals surface area contributed by atoms with E-state index in [-0.39, 0.29) is 22.9 Å². The number of phenols is 1. The molecule has 0 bridgehead atoms. The molecule has 0 saturated carbocycles. The molecular formula is C15H13Cl2F2NO. The zero-order valence-corrected chi connectivity index (χ0v) is 12.6. The van der Waals surface area contributed by atoms with E-state index in [0.717, 1.165) is 0 Å². The van der Waals surface area contributed by atoms with Gasteiger partial charge in [0.2, 0.25) is 0 Å². The highest BCUT2D eigenvalue weighted by molar-refractivity contribution is 6.35. The minimum Gasteiger partial charge on any atom is -0.506 e. The van der Waals surface area contributed by atoms with Crippen LogP contribution in [0.15, 0.2) is 30.3 Å². The van der Waals surface area contributed by atoms with Crippen LogP contribution in [0.5, 0.6) is 5.75 Å². The number of hydrogen-bond acceptors (Lipinski definition) is 2. The quantitative estimate of drug-likeness (QED) is 0.841. The van der Waals surface area contributed by atoms with Crippen molar-refractivity contribution in [1.82, 2.24) is 5.32 Å². The van der Waals surface area contributed by atoms with Gasteiger partial charge in [-0.05, 0) is 31.2 Å². The van der Waals surface area contributed by atoms with E-state index >= 15 is 0 Å². The van der Waals surface area contributed by atoms with Crippen LogP contribution in [0.4, 0.5) is 8.78 Å². The van der Waals surface area contributed by atoms with Crippen molar-refractivity contribution >= 4 is 23.2 Å². The molecule has 2 aromatic carbocycles. The molecule has 1 unspecified atom stereocenters. The van der Waals surface area contributed by atoms with E-state index in [1.165, 1.54) is 24.3 Å². The summed E-state index contributed by atoms with van der Waals surface area (Å²) in [5.74, 6) is -1.35. The van der Waals surface area contributed by atoms with Crippen molar-refractivity contribution in [2.75, 3.05) is 0 Å². The summed E-state index contributed by atoms with van der Waals surface area (Å²) in [4.78, 5) is 0. The zero-order valence-electron chi connectivity index (χ0n) is 11.1. The first kappa shape index (κ1) is 16.0. The second-order valence-corrected chi connectivity index (χ2v) is 5.48. The van der Waals surface area contributed by atoms with Crippen LogP contribution in [0.3, 0.4) is 0 Å². The van der Waals surface area contributed by atoms with Crippen molar-refractivity contribution in [3.63, 3.8) is 0 Å². The zero-order chi connectivity index (χ0) is 15.6. The maximum atomic E-state index is 13.7. The Morgan fingerprint density at radius 3 is 2.43 bits per heavy atom. The van der Waals surface area contributed by atoms with Crippen molar-refractivity contribution < 1.29 is 13.9 Å². The highest BCUT2D eigenvalue weighted by Gasteiger charge is 2.16. The Labute approximate surface area is 131 Å². The fourth-order valence-corrected chi connectivity index (χ4v) is 2.58. The van der Waals surface area contributed by atoms with Crippen LogP contribution in [-0.4, -0.2) is 5.11 Å². The van der Waals surface area contributed by atoms with Crippen LogP contribution >= 0.6 is 23.2 Å². The average Bonchev–Trinajstić information content (AvgIpc) is 2.41. The third-order valence-electron chi connectivity index (χ3n) is 3.14. The molecule has 2 nitrogen and oxygen atoms in total. The molecule has 2 aromatic rings. The number of nitrogens with one attached hydrogen (secondary N) is 1. The van der Waals surface area contributed by atoms with E-state index in [9.17, 15) is 13.9 Å². The molecular weight excluding hydrogens is 319 g/mol. The van der Waals surface area contributed by atoms with Gasteiger partial charge in [0.1, 0.15) is 17.4 Å². The van der Waals surface area contributed by atoms with Gasteiger partial charge in [-0.1, -0.05) is 29.3 Å². The Bertz CT molecular complexity index is 644. The lowest BCUT2D eigenvalue weighted by atomic mass is 10.1. The normalized spacial score (nSPS) is 12.4. The van der Waals surface area contributed by atoms with E-state index in [0.29, 0.717) is 10.6 Å². The maximum absolute atomic E-state index is 13.7. The number of halogens is 4. The standard InChI is InChI=1S/C15H13Cl2F2NO/c1-8(14-12(18)3-2-4-13(14)19)20-7-9-5-10(16)6-11(17)15(9)21/h2-6,8,20-21H,7H2,1H3. The topological polar surface area (TPSA) is 32.3 Å². The molecule has 2 N–H and O–H groups in total. The van der Waals surface area contributed by atoms with E-state index in [1.54, 1.807) is 13.0 Å². The number of rotatable bonds is 4. The number of phenolic OH excluding ortho intramolecular Hbond substituents is 1. The smallest absolute Gasteiger partial charge is 0.138 e. The summed E-state index contributed by atoms with van der Waals surface area (Å²) in [6.07, 6.45) is 0. The SMILES string of the molecule is CC(NCc1cc(Cl)cc(Cl)c1O)c1c(F)cccc1F. The molecule has 0 radical (unpaired) electrons. The van der Waals surface area contributed by atoms with Crippen LogP contribution in [0.2, 0.25) is 10.0 Å². The average molecular weight is 332 g/mol. The minimum absolute atomic E-state index is 0.0508. The first-order chi connectivity index (χ1) is 9.90. The van der Waals surface area contributed by atoms with Gasteiger partial charge in [-0.2, -0.15) is 0 Å². The molecule has 0 aliphatic carbocycles. The fourth-order valence-electron chi connectivity index (χ4n) is 2.04. The summed E-state index contributed by atoms with van der Waals surface area (Å²) in [5, 5.41) is 13.3. The molecule has 0 aliphatic heterocycles. The van der Waals surface area contributed by atoms with Gasteiger partial charge in [0.05, 0.1) is 5.02 Å². The third kappa shape index (κ3) is 3.64. The van der Waals surface area contributed by atoms with Crippen molar-refractivity contribution in [1.29, 1.82) is 0 Å². The molecule has 0 aromatic heterocycles. The van der Waals surface area contributed by atoms with E-state index < -0.39 is 17.7 Å². The molecule has 21 heavy (non-hydrogen) atoms. The summed E-state index contributed by atoms with van der Waals surface area (Å²) in [5.41, 5.74) is 0.404. The first-order valence-corrected chi connectivity index (χ1v) is 7.00. The molecule has 112 valence electrons. The van der Waals surface area contributed by atoms with Crippen LogP contribution in [0.25, 0.3) is 0 Å². The summed E-state index contributed by atoms with van der Waals surface area (Å²) >= 11 is 11.7. The lowest BCUT2D eigenvalue weighted by Crippen LogP contribution is -2.20. The van der Waals surface area contributed by atoms with E-state index in [4.69, 9.17) is 23.2 Å². The molecule has 0 aliphatic rings. The minimum atomic E-state index is -0.622. The Hall–Kier alpha value is -1.36. The number of aromatic hydroxyl groups is 1. The van der Waals surface area contributed by atoms with Crippen molar-refractivity contribution in [3.8, 4) is 5.75 Å². The molecule has 0 saturated heterocycles. The van der Waals surface area contributed by atoms with Gasteiger partial charge in [0.15, 0.2) is 0 Å². The van der Waals surface area contributed by atoms with Gasteiger partial charge in [0.25, 0.3) is 0 Å². The summed E-state index contributed by atoms with van der Waals surface area (Å²) in [6, 6.07) is 6.09. The summed E-state index contributed by atoms with van der Waals surface area (Å²) in [7, 11) is 0. The van der Waals surface area contributed by atoms with Crippen LogP contribution < -0.4 is 5.32 Å². The van der Waals surface area contributed by atoms with E-state index in [1.807, 2.05) is 0 Å². The van der Waals surface area contributed by atoms with Crippen molar-refractivity contribution in [3.05, 3.63) is 63.1 Å². The molecule has 1 atom stereocenters. The number of hydrogen-bond donors (Lipinski definition) is 2. The van der Waals surface area contributed by atoms with Gasteiger partial charge in [0, 0.05) is 28.7 Å². The fraction of sp³-hybridized carbons (Fsp3) is 0.200. The predicted molar refractivity (Wildman–Crippen MR) is 79.7 cm³/mol. The van der Waals surface area contributed by atoms with Crippen LogP contribution in [0.1, 0.15) is 24.1 Å². The lowest BCUT2D eigenvalue weighted by molar-refractivity contribution is 0.454.